The number of rotatable bonds is 4. The molecule has 0 bridgehead atoms. The van der Waals surface area contributed by atoms with E-state index in [0.29, 0.717) is 44.3 Å². The maximum atomic E-state index is 13.0. The molecule has 0 radical (unpaired) electrons. The molecular weight excluding hydrogens is 363 g/mol. The zero-order chi connectivity index (χ0) is 19.9. The predicted molar refractivity (Wildman–Crippen MR) is 92.2 cm³/mol. The van der Waals surface area contributed by atoms with Crippen LogP contribution in [-0.4, -0.2) is 48.2 Å². The lowest BCUT2D eigenvalue weighted by Gasteiger charge is -2.40. The number of aliphatic hydroxyl groups is 2. The van der Waals surface area contributed by atoms with Crippen molar-refractivity contribution in [2.45, 2.75) is 50.0 Å². The first kappa shape index (κ1) is 20.1. The molecule has 0 aromatic heterocycles. The summed E-state index contributed by atoms with van der Waals surface area (Å²) in [7, 11) is 1.53. The van der Waals surface area contributed by atoms with Gasteiger partial charge in [0.15, 0.2) is 6.10 Å². The van der Waals surface area contributed by atoms with Crippen LogP contribution in [0.5, 0.6) is 0 Å². The third-order valence-corrected chi connectivity index (χ3v) is 5.89. The Morgan fingerprint density at radius 2 is 1.74 bits per heavy atom. The van der Waals surface area contributed by atoms with E-state index in [1.54, 1.807) is 4.90 Å². The summed E-state index contributed by atoms with van der Waals surface area (Å²) in [5.41, 5.74) is -1.16. The van der Waals surface area contributed by atoms with E-state index in [1.165, 1.54) is 31.4 Å². The topological polar surface area (TPSA) is 70.0 Å². The summed E-state index contributed by atoms with van der Waals surface area (Å²) in [5.74, 6) is -0.0499. The molecule has 1 aromatic rings. The van der Waals surface area contributed by atoms with Crippen molar-refractivity contribution >= 4 is 11.6 Å². The van der Waals surface area contributed by atoms with Gasteiger partial charge in [-0.05, 0) is 49.8 Å². The van der Waals surface area contributed by atoms with Gasteiger partial charge in [-0.15, -0.1) is 0 Å². The molecule has 1 aliphatic heterocycles. The predicted octanol–water partition coefficient (Wildman–Crippen LogP) is 2.96. The largest absolute Gasteiger partial charge is 0.418 e. The van der Waals surface area contributed by atoms with E-state index < -0.39 is 23.3 Å². The van der Waals surface area contributed by atoms with Crippen molar-refractivity contribution in [1.82, 2.24) is 0 Å². The third kappa shape index (κ3) is 3.83. The van der Waals surface area contributed by atoms with Gasteiger partial charge < -0.3 is 19.8 Å². The van der Waals surface area contributed by atoms with Crippen LogP contribution in [0.3, 0.4) is 0 Å². The van der Waals surface area contributed by atoms with E-state index >= 15 is 0 Å². The lowest BCUT2D eigenvalue weighted by Crippen LogP contribution is -2.45. The number of aliphatic hydroxyl groups excluding tert-OH is 1. The molecule has 3 rings (SSSR count). The molecule has 150 valence electrons. The van der Waals surface area contributed by atoms with Gasteiger partial charge in [0.05, 0.1) is 17.6 Å². The van der Waals surface area contributed by atoms with Crippen molar-refractivity contribution in [2.24, 2.45) is 5.41 Å². The molecule has 1 aliphatic carbocycles. The van der Waals surface area contributed by atoms with E-state index in [-0.39, 0.29) is 18.1 Å². The number of nitrogens with zero attached hydrogens (tertiary/aromatic N) is 1. The summed E-state index contributed by atoms with van der Waals surface area (Å²) in [5, 5.41) is 19.8. The quantitative estimate of drug-likeness (QED) is 0.834. The van der Waals surface area contributed by atoms with Crippen LogP contribution in [0.4, 0.5) is 18.9 Å². The Hall–Kier alpha value is -1.64. The highest BCUT2D eigenvalue weighted by molar-refractivity contribution is 6.00. The molecule has 1 heterocycles. The number of halogens is 3. The van der Waals surface area contributed by atoms with Gasteiger partial charge in [0, 0.05) is 19.3 Å². The number of hydrogen-bond donors (Lipinski definition) is 2. The van der Waals surface area contributed by atoms with Gasteiger partial charge in [-0.3, -0.25) is 4.79 Å². The highest BCUT2D eigenvalue weighted by Gasteiger charge is 2.51. The summed E-state index contributed by atoms with van der Waals surface area (Å²) in [6, 6.07) is 5.27. The van der Waals surface area contributed by atoms with E-state index in [9.17, 15) is 28.2 Å². The number of methoxy groups -OCH3 is 1. The molecule has 2 fully saturated rings. The molecule has 1 aromatic carbocycles. The SMILES string of the molecule is COC[C@]1(O)CC[C@]2(CCN(c3ccc([C@@H](O)C(F)(F)F)cc3)C2=O)CC1. The first-order valence-electron chi connectivity index (χ1n) is 8.98. The lowest BCUT2D eigenvalue weighted by atomic mass is 9.68. The van der Waals surface area contributed by atoms with Crippen molar-refractivity contribution < 1.29 is 32.9 Å². The monoisotopic (exact) mass is 387 g/mol. The number of carbonyl (C=O) groups excluding carboxylic acids is 1. The maximum absolute atomic E-state index is 13.0. The maximum Gasteiger partial charge on any atom is 0.418 e. The highest BCUT2D eigenvalue weighted by atomic mass is 19.4. The summed E-state index contributed by atoms with van der Waals surface area (Å²) in [4.78, 5) is 14.6. The zero-order valence-corrected chi connectivity index (χ0v) is 15.1. The first-order chi connectivity index (χ1) is 12.6. The summed E-state index contributed by atoms with van der Waals surface area (Å²) in [6.45, 7) is 0.729. The van der Waals surface area contributed by atoms with Crippen LogP contribution in [-0.2, 0) is 9.53 Å². The molecule has 0 unspecified atom stereocenters. The third-order valence-electron chi connectivity index (χ3n) is 5.89. The van der Waals surface area contributed by atoms with Crippen LogP contribution in [0.2, 0.25) is 0 Å². The molecule has 1 spiro atoms. The zero-order valence-electron chi connectivity index (χ0n) is 15.1. The smallest absolute Gasteiger partial charge is 0.387 e. The minimum Gasteiger partial charge on any atom is -0.387 e. The molecule has 1 amide bonds. The Bertz CT molecular complexity index is 681. The number of carbonyl (C=O) groups is 1. The number of benzene rings is 1. The van der Waals surface area contributed by atoms with Crippen LogP contribution in [0, 0.1) is 5.41 Å². The fourth-order valence-electron chi connectivity index (χ4n) is 4.16. The number of ether oxygens (including phenoxy) is 1. The Labute approximate surface area is 155 Å². The molecule has 2 N–H and O–H groups in total. The molecule has 1 saturated carbocycles. The Kier molecular flexibility index (Phi) is 5.26. The average molecular weight is 387 g/mol. The summed E-state index contributed by atoms with van der Waals surface area (Å²) >= 11 is 0. The van der Waals surface area contributed by atoms with Crippen LogP contribution >= 0.6 is 0 Å². The van der Waals surface area contributed by atoms with Crippen LogP contribution in [0.1, 0.15) is 43.8 Å². The molecular formula is C19H24F3NO4. The minimum absolute atomic E-state index is 0.0499. The molecule has 27 heavy (non-hydrogen) atoms. The second kappa shape index (κ2) is 7.07. The van der Waals surface area contributed by atoms with Crippen LogP contribution < -0.4 is 4.90 Å². The van der Waals surface area contributed by atoms with Crippen molar-refractivity contribution in [3.05, 3.63) is 29.8 Å². The normalized spacial score (nSPS) is 30.1. The lowest BCUT2D eigenvalue weighted by molar-refractivity contribution is -0.206. The molecule has 1 atom stereocenters. The second-order valence-corrected chi connectivity index (χ2v) is 7.68. The Morgan fingerprint density at radius 1 is 1.15 bits per heavy atom. The first-order valence-corrected chi connectivity index (χ1v) is 8.98. The van der Waals surface area contributed by atoms with E-state index in [0.717, 1.165) is 0 Å². The molecule has 8 heteroatoms. The van der Waals surface area contributed by atoms with Crippen molar-refractivity contribution in [1.29, 1.82) is 0 Å². The van der Waals surface area contributed by atoms with Gasteiger partial charge in [0.2, 0.25) is 5.91 Å². The Morgan fingerprint density at radius 3 is 2.26 bits per heavy atom. The van der Waals surface area contributed by atoms with Gasteiger partial charge in [-0.1, -0.05) is 12.1 Å². The average Bonchev–Trinajstić information content (AvgIpc) is 2.94. The van der Waals surface area contributed by atoms with Crippen molar-refractivity contribution in [3.8, 4) is 0 Å². The highest BCUT2D eigenvalue weighted by Crippen LogP contribution is 2.48. The molecule has 1 saturated heterocycles. The number of amides is 1. The number of hydrogen-bond acceptors (Lipinski definition) is 4. The molecule has 2 aliphatic rings. The van der Waals surface area contributed by atoms with Crippen LogP contribution in [0.25, 0.3) is 0 Å². The van der Waals surface area contributed by atoms with Gasteiger partial charge >= 0.3 is 6.18 Å². The van der Waals surface area contributed by atoms with E-state index in [1.807, 2.05) is 0 Å². The van der Waals surface area contributed by atoms with Crippen molar-refractivity contribution in [3.63, 3.8) is 0 Å². The Balaban J connectivity index is 1.71. The van der Waals surface area contributed by atoms with E-state index in [4.69, 9.17) is 4.74 Å². The van der Waals surface area contributed by atoms with Gasteiger partial charge in [0.1, 0.15) is 0 Å². The summed E-state index contributed by atoms with van der Waals surface area (Å²) in [6.07, 6.45) is -4.52. The fraction of sp³-hybridized carbons (Fsp3) is 0.632. The minimum atomic E-state index is -4.73. The van der Waals surface area contributed by atoms with Gasteiger partial charge in [-0.2, -0.15) is 13.2 Å². The number of anilines is 1. The van der Waals surface area contributed by atoms with Crippen molar-refractivity contribution in [2.75, 3.05) is 25.2 Å². The number of alkyl halides is 3. The van der Waals surface area contributed by atoms with Gasteiger partial charge in [0.25, 0.3) is 0 Å². The standard InChI is InChI=1S/C19H24F3NO4/c1-27-12-18(26)8-6-17(7-9-18)10-11-23(16(17)25)14-4-2-13(3-5-14)15(24)19(20,21)22/h2-5,15,24,26H,6-12H2,1H3/t15-,17-,18+/m1/s1. The summed E-state index contributed by atoms with van der Waals surface area (Å²) < 4.78 is 42.9. The fourth-order valence-corrected chi connectivity index (χ4v) is 4.16. The van der Waals surface area contributed by atoms with Crippen LogP contribution in [0.15, 0.2) is 24.3 Å². The van der Waals surface area contributed by atoms with Gasteiger partial charge in [-0.25, -0.2) is 0 Å². The second-order valence-electron chi connectivity index (χ2n) is 7.68. The molecule has 5 nitrogen and oxygen atoms in total. The van der Waals surface area contributed by atoms with E-state index in [2.05, 4.69) is 0 Å².